The maximum atomic E-state index is 12.3. The number of hydrogen-bond donors (Lipinski definition) is 0. The van der Waals surface area contributed by atoms with Gasteiger partial charge in [0.05, 0.1) is 10.7 Å². The lowest BCUT2D eigenvalue weighted by Crippen LogP contribution is -2.60. The average molecular weight is 365 g/mol. The van der Waals surface area contributed by atoms with E-state index in [-0.39, 0.29) is 5.54 Å². The van der Waals surface area contributed by atoms with Crippen LogP contribution < -0.4 is 0 Å². The zero-order chi connectivity index (χ0) is 18.0. The van der Waals surface area contributed by atoms with Crippen molar-refractivity contribution < 1.29 is 4.79 Å². The second-order valence-corrected chi connectivity index (χ2v) is 8.82. The van der Waals surface area contributed by atoms with Crippen LogP contribution in [-0.4, -0.2) is 70.9 Å². The van der Waals surface area contributed by atoms with Crippen LogP contribution >= 0.6 is 11.3 Å². The van der Waals surface area contributed by atoms with Gasteiger partial charge in [-0.15, -0.1) is 11.3 Å². The van der Waals surface area contributed by atoms with Gasteiger partial charge in [-0.1, -0.05) is 6.92 Å². The SMILES string of the molecule is CCc1nc(C)sc1CN1CCN(C)C2(CCC(=O)N(CC)CC2)C1. The molecule has 1 unspecified atom stereocenters. The third-order valence-corrected chi connectivity index (χ3v) is 7.05. The quantitative estimate of drug-likeness (QED) is 0.823. The zero-order valence-corrected chi connectivity index (χ0v) is 17.0. The van der Waals surface area contributed by atoms with Gasteiger partial charge in [0.1, 0.15) is 0 Å². The van der Waals surface area contributed by atoms with Crippen molar-refractivity contribution in [3.63, 3.8) is 0 Å². The Labute approximate surface area is 156 Å². The molecule has 0 saturated carbocycles. The summed E-state index contributed by atoms with van der Waals surface area (Å²) in [4.78, 5) is 25.6. The minimum atomic E-state index is 0.143. The molecule has 2 saturated heterocycles. The highest BCUT2D eigenvalue weighted by molar-refractivity contribution is 7.11. The van der Waals surface area contributed by atoms with Crippen molar-refractivity contribution >= 4 is 17.2 Å². The smallest absolute Gasteiger partial charge is 0.222 e. The number of piperazine rings is 1. The molecule has 2 fully saturated rings. The summed E-state index contributed by atoms with van der Waals surface area (Å²) < 4.78 is 0. The Kier molecular flexibility index (Phi) is 5.81. The average Bonchev–Trinajstić information content (AvgIpc) is 2.87. The van der Waals surface area contributed by atoms with Gasteiger partial charge in [0, 0.05) is 56.1 Å². The minimum absolute atomic E-state index is 0.143. The number of aromatic nitrogens is 1. The van der Waals surface area contributed by atoms with Gasteiger partial charge in [0.25, 0.3) is 0 Å². The fourth-order valence-corrected chi connectivity index (χ4v) is 5.43. The van der Waals surface area contributed by atoms with E-state index in [1.165, 1.54) is 15.6 Å². The van der Waals surface area contributed by atoms with Crippen molar-refractivity contribution in [1.82, 2.24) is 19.7 Å². The van der Waals surface area contributed by atoms with E-state index in [4.69, 9.17) is 0 Å². The molecule has 25 heavy (non-hydrogen) atoms. The third-order valence-electron chi connectivity index (χ3n) is 6.05. The van der Waals surface area contributed by atoms with Crippen LogP contribution in [0.1, 0.15) is 48.7 Å². The molecule has 140 valence electrons. The van der Waals surface area contributed by atoms with E-state index in [1.54, 1.807) is 0 Å². The Morgan fingerprint density at radius 2 is 2.00 bits per heavy atom. The van der Waals surface area contributed by atoms with Gasteiger partial charge in [-0.2, -0.15) is 0 Å². The summed E-state index contributed by atoms with van der Waals surface area (Å²) in [6.45, 7) is 12.4. The molecule has 2 aliphatic rings. The Balaban J connectivity index is 1.73. The van der Waals surface area contributed by atoms with Gasteiger partial charge in [-0.25, -0.2) is 4.98 Å². The number of carbonyl (C=O) groups excluding carboxylic acids is 1. The molecule has 0 aromatic carbocycles. The van der Waals surface area contributed by atoms with E-state index in [9.17, 15) is 4.79 Å². The number of carbonyl (C=O) groups is 1. The first-order valence-electron chi connectivity index (χ1n) is 9.64. The Hall–Kier alpha value is -0.980. The lowest BCUT2D eigenvalue weighted by molar-refractivity contribution is -0.130. The fraction of sp³-hybridized carbons (Fsp3) is 0.789. The van der Waals surface area contributed by atoms with E-state index < -0.39 is 0 Å². The van der Waals surface area contributed by atoms with E-state index in [2.05, 4.69) is 42.6 Å². The van der Waals surface area contributed by atoms with Crippen molar-refractivity contribution in [3.8, 4) is 0 Å². The summed E-state index contributed by atoms with van der Waals surface area (Å²) in [6, 6.07) is 0. The molecule has 1 spiro atoms. The standard InChI is InChI=1S/C19H32N4OS/c1-5-16-17(25-15(3)20-16)13-22-12-11-21(4)19(14-22)8-7-18(24)23(6-2)10-9-19/h5-14H2,1-4H3. The van der Waals surface area contributed by atoms with Crippen LogP contribution in [0.2, 0.25) is 0 Å². The number of likely N-dealkylation sites (tertiary alicyclic amines) is 1. The van der Waals surface area contributed by atoms with Crippen molar-refractivity contribution in [3.05, 3.63) is 15.6 Å². The second-order valence-electron chi connectivity index (χ2n) is 7.54. The molecule has 6 heteroatoms. The first kappa shape index (κ1) is 18.8. The Morgan fingerprint density at radius 3 is 2.72 bits per heavy atom. The predicted molar refractivity (Wildman–Crippen MR) is 103 cm³/mol. The number of rotatable bonds is 4. The van der Waals surface area contributed by atoms with Crippen LogP contribution in [0.15, 0.2) is 0 Å². The van der Waals surface area contributed by atoms with Gasteiger partial charge in [0.15, 0.2) is 0 Å². The van der Waals surface area contributed by atoms with Crippen LogP contribution in [0.4, 0.5) is 0 Å². The Morgan fingerprint density at radius 1 is 1.20 bits per heavy atom. The molecule has 2 aliphatic heterocycles. The summed E-state index contributed by atoms with van der Waals surface area (Å²) in [7, 11) is 2.25. The number of nitrogens with zero attached hydrogens (tertiary/aromatic N) is 4. The molecule has 1 aromatic rings. The molecule has 0 aliphatic carbocycles. The van der Waals surface area contributed by atoms with Gasteiger partial charge < -0.3 is 4.90 Å². The van der Waals surface area contributed by atoms with Crippen LogP contribution in [0.25, 0.3) is 0 Å². The van der Waals surface area contributed by atoms with Crippen molar-refractivity contribution in [2.24, 2.45) is 0 Å². The molecular formula is C19H32N4OS. The molecule has 5 nitrogen and oxygen atoms in total. The van der Waals surface area contributed by atoms with Gasteiger partial charge in [-0.3, -0.25) is 14.6 Å². The first-order chi connectivity index (χ1) is 12.0. The van der Waals surface area contributed by atoms with E-state index >= 15 is 0 Å². The molecule has 3 rings (SSSR count). The number of thiazole rings is 1. The lowest BCUT2D eigenvalue weighted by atomic mass is 9.86. The van der Waals surface area contributed by atoms with Crippen LogP contribution in [0.5, 0.6) is 0 Å². The molecule has 0 radical (unpaired) electrons. The molecule has 0 N–H and O–H groups in total. The van der Waals surface area contributed by atoms with E-state index in [0.29, 0.717) is 12.3 Å². The number of hydrogen-bond acceptors (Lipinski definition) is 5. The third kappa shape index (κ3) is 3.91. The first-order valence-corrected chi connectivity index (χ1v) is 10.5. The summed E-state index contributed by atoms with van der Waals surface area (Å²) >= 11 is 1.85. The normalized spacial score (nSPS) is 26.4. The molecule has 1 amide bonds. The monoisotopic (exact) mass is 364 g/mol. The van der Waals surface area contributed by atoms with Crippen molar-refractivity contribution in [1.29, 1.82) is 0 Å². The molecule has 0 bridgehead atoms. The van der Waals surface area contributed by atoms with Crippen molar-refractivity contribution in [2.75, 3.05) is 39.8 Å². The van der Waals surface area contributed by atoms with E-state index in [1.807, 2.05) is 16.2 Å². The number of aryl methyl sites for hydroxylation is 2. The molecular weight excluding hydrogens is 332 g/mol. The highest BCUT2D eigenvalue weighted by Gasteiger charge is 2.42. The summed E-state index contributed by atoms with van der Waals surface area (Å²) in [6.07, 6.45) is 3.77. The second kappa shape index (κ2) is 7.72. The van der Waals surface area contributed by atoms with Gasteiger partial charge in [-0.05, 0) is 40.2 Å². The fourth-order valence-electron chi connectivity index (χ4n) is 4.36. The predicted octanol–water partition coefficient (Wildman–Crippen LogP) is 2.53. The van der Waals surface area contributed by atoms with Gasteiger partial charge >= 0.3 is 0 Å². The largest absolute Gasteiger partial charge is 0.343 e. The molecule has 1 aromatic heterocycles. The minimum Gasteiger partial charge on any atom is -0.343 e. The zero-order valence-electron chi connectivity index (χ0n) is 16.2. The summed E-state index contributed by atoms with van der Waals surface area (Å²) in [5.74, 6) is 0.330. The molecule has 1 atom stereocenters. The highest BCUT2D eigenvalue weighted by atomic mass is 32.1. The van der Waals surface area contributed by atoms with Crippen LogP contribution in [0, 0.1) is 6.92 Å². The lowest BCUT2D eigenvalue weighted by Gasteiger charge is -2.49. The maximum absolute atomic E-state index is 12.3. The summed E-state index contributed by atoms with van der Waals surface area (Å²) in [5.41, 5.74) is 1.41. The topological polar surface area (TPSA) is 39.7 Å². The number of amides is 1. The number of likely N-dealkylation sites (N-methyl/N-ethyl adjacent to an activating group) is 1. The van der Waals surface area contributed by atoms with E-state index in [0.717, 1.165) is 58.5 Å². The maximum Gasteiger partial charge on any atom is 0.222 e. The summed E-state index contributed by atoms with van der Waals surface area (Å²) in [5, 5.41) is 1.18. The van der Waals surface area contributed by atoms with Crippen molar-refractivity contribution in [2.45, 2.75) is 58.5 Å². The van der Waals surface area contributed by atoms with Crippen LogP contribution in [-0.2, 0) is 17.8 Å². The van der Waals surface area contributed by atoms with Gasteiger partial charge in [0.2, 0.25) is 5.91 Å². The van der Waals surface area contributed by atoms with Crippen LogP contribution in [0.3, 0.4) is 0 Å². The highest BCUT2D eigenvalue weighted by Crippen LogP contribution is 2.33. The molecule has 3 heterocycles. The Bertz CT molecular complexity index is 617.